The summed E-state index contributed by atoms with van der Waals surface area (Å²) in [5, 5.41) is 13.9. The molecule has 1 amide bonds. The second-order valence-electron chi connectivity index (χ2n) is 7.81. The van der Waals surface area contributed by atoms with E-state index in [1.165, 1.54) is 0 Å². The third-order valence-electron chi connectivity index (χ3n) is 5.96. The Kier molecular flexibility index (Phi) is 5.81. The Morgan fingerprint density at radius 3 is 2.90 bits per heavy atom. The highest BCUT2D eigenvalue weighted by atomic mass is 16.5. The van der Waals surface area contributed by atoms with Gasteiger partial charge >= 0.3 is 0 Å². The number of carbonyl (C=O) groups excluding carboxylic acids is 1. The van der Waals surface area contributed by atoms with Crippen LogP contribution in [-0.4, -0.2) is 66.1 Å². The van der Waals surface area contributed by atoms with E-state index in [1.807, 2.05) is 18.2 Å². The average molecular weight is 393 g/mol. The molecule has 2 aliphatic rings. The van der Waals surface area contributed by atoms with Crippen molar-refractivity contribution in [3.8, 4) is 11.8 Å². The molecule has 0 saturated carbocycles. The molecule has 2 aliphatic heterocycles. The fourth-order valence-electron chi connectivity index (χ4n) is 4.33. The van der Waals surface area contributed by atoms with Gasteiger partial charge in [-0.3, -0.25) is 14.7 Å². The average Bonchev–Trinajstić information content (AvgIpc) is 3.24. The monoisotopic (exact) mass is 393 g/mol. The molecule has 1 N–H and O–H groups in total. The Hall–Kier alpha value is -2.85. The third kappa shape index (κ3) is 4.28. The van der Waals surface area contributed by atoms with E-state index in [9.17, 15) is 10.1 Å². The lowest BCUT2D eigenvalue weighted by Crippen LogP contribution is -2.46. The number of nitrogens with zero attached hydrogens (tertiary/aromatic N) is 4. The normalized spacial score (nSPS) is 20.6. The summed E-state index contributed by atoms with van der Waals surface area (Å²) in [4.78, 5) is 21.0. The van der Waals surface area contributed by atoms with Gasteiger partial charge in [0.15, 0.2) is 0 Å². The predicted octanol–water partition coefficient (Wildman–Crippen LogP) is 2.63. The van der Waals surface area contributed by atoms with Crippen LogP contribution in [0.15, 0.2) is 30.5 Å². The summed E-state index contributed by atoms with van der Waals surface area (Å²) in [5.74, 6) is 0.879. The first kappa shape index (κ1) is 19.5. The van der Waals surface area contributed by atoms with Crippen LogP contribution in [0.25, 0.3) is 10.9 Å². The number of benzene rings is 1. The van der Waals surface area contributed by atoms with Crippen molar-refractivity contribution < 1.29 is 9.53 Å². The summed E-state index contributed by atoms with van der Waals surface area (Å²) in [6.07, 6.45) is 5.46. The minimum absolute atomic E-state index is 0.0883. The van der Waals surface area contributed by atoms with Gasteiger partial charge in [-0.15, -0.1) is 0 Å². The molecular formula is C22H27N5O2. The van der Waals surface area contributed by atoms with Crippen molar-refractivity contribution in [2.75, 3.05) is 38.6 Å². The molecule has 29 heavy (non-hydrogen) atoms. The third-order valence-corrected chi connectivity index (χ3v) is 5.96. The van der Waals surface area contributed by atoms with Crippen molar-refractivity contribution >= 4 is 22.5 Å². The molecule has 7 heteroatoms. The van der Waals surface area contributed by atoms with Gasteiger partial charge in [0.2, 0.25) is 5.91 Å². The Labute approximate surface area is 171 Å². The Morgan fingerprint density at radius 1 is 1.31 bits per heavy atom. The number of anilines is 1. The number of nitrogens with one attached hydrogen (secondary N) is 1. The lowest BCUT2D eigenvalue weighted by Gasteiger charge is -2.33. The van der Waals surface area contributed by atoms with E-state index in [-0.39, 0.29) is 11.9 Å². The molecule has 2 aromatic rings. The van der Waals surface area contributed by atoms with Crippen LogP contribution in [0, 0.1) is 11.3 Å². The zero-order chi connectivity index (χ0) is 20.2. The highest BCUT2D eigenvalue weighted by molar-refractivity contribution is 5.92. The number of hydrogen-bond donors (Lipinski definition) is 1. The molecule has 2 saturated heterocycles. The van der Waals surface area contributed by atoms with Crippen molar-refractivity contribution in [1.29, 1.82) is 5.26 Å². The number of nitriles is 1. The highest BCUT2D eigenvalue weighted by Crippen LogP contribution is 2.29. The van der Waals surface area contributed by atoms with Gasteiger partial charge in [0.25, 0.3) is 0 Å². The first-order chi connectivity index (χ1) is 14.2. The topological polar surface area (TPSA) is 81.5 Å². The van der Waals surface area contributed by atoms with Crippen LogP contribution in [-0.2, 0) is 4.79 Å². The number of methoxy groups -OCH3 is 1. The number of likely N-dealkylation sites (tertiary alicyclic amines) is 2. The maximum absolute atomic E-state index is 12.6. The minimum atomic E-state index is -0.239. The van der Waals surface area contributed by atoms with Crippen LogP contribution < -0.4 is 10.1 Å². The first-order valence-electron chi connectivity index (χ1n) is 10.3. The number of fused-ring (bicyclic) bond motifs is 1. The van der Waals surface area contributed by atoms with E-state index in [1.54, 1.807) is 18.2 Å². The molecule has 0 bridgehead atoms. The van der Waals surface area contributed by atoms with E-state index in [4.69, 9.17) is 4.74 Å². The van der Waals surface area contributed by atoms with Gasteiger partial charge < -0.3 is 15.0 Å². The van der Waals surface area contributed by atoms with Gasteiger partial charge in [0, 0.05) is 55.1 Å². The Balaban J connectivity index is 1.35. The van der Waals surface area contributed by atoms with Crippen molar-refractivity contribution in [1.82, 2.24) is 14.8 Å². The molecule has 1 aromatic heterocycles. The lowest BCUT2D eigenvalue weighted by atomic mass is 10.0. The number of piperidine rings is 1. The zero-order valence-electron chi connectivity index (χ0n) is 16.8. The molecule has 152 valence electrons. The molecule has 1 aromatic carbocycles. The van der Waals surface area contributed by atoms with Gasteiger partial charge in [-0.05, 0) is 37.8 Å². The van der Waals surface area contributed by atoms with Gasteiger partial charge in [0.1, 0.15) is 11.8 Å². The van der Waals surface area contributed by atoms with Crippen molar-refractivity contribution in [2.24, 2.45) is 0 Å². The molecule has 2 fully saturated rings. The summed E-state index contributed by atoms with van der Waals surface area (Å²) in [5.41, 5.74) is 1.95. The summed E-state index contributed by atoms with van der Waals surface area (Å²) in [6.45, 7) is 2.87. The number of rotatable bonds is 5. The molecule has 0 spiro atoms. The number of carbonyl (C=O) groups is 1. The second-order valence-corrected chi connectivity index (χ2v) is 7.81. The van der Waals surface area contributed by atoms with Crippen LogP contribution in [0.5, 0.6) is 5.75 Å². The van der Waals surface area contributed by atoms with Crippen molar-refractivity contribution in [2.45, 2.75) is 37.8 Å². The molecule has 3 heterocycles. The van der Waals surface area contributed by atoms with E-state index in [2.05, 4.69) is 27.3 Å². The zero-order valence-corrected chi connectivity index (χ0v) is 16.8. The highest BCUT2D eigenvalue weighted by Gasteiger charge is 2.30. The summed E-state index contributed by atoms with van der Waals surface area (Å²) < 4.78 is 5.43. The molecule has 0 aliphatic carbocycles. The smallest absolute Gasteiger partial charge is 0.237 e. The molecule has 1 atom stereocenters. The quantitative estimate of drug-likeness (QED) is 0.841. The number of ether oxygens (including phenoxy) is 1. The van der Waals surface area contributed by atoms with E-state index >= 15 is 0 Å². The Morgan fingerprint density at radius 2 is 2.14 bits per heavy atom. The van der Waals surface area contributed by atoms with Crippen molar-refractivity contribution in [3.05, 3.63) is 30.5 Å². The number of aromatic nitrogens is 1. The van der Waals surface area contributed by atoms with E-state index < -0.39 is 0 Å². The van der Waals surface area contributed by atoms with Crippen LogP contribution in [0.2, 0.25) is 0 Å². The number of hydrogen-bond acceptors (Lipinski definition) is 6. The maximum atomic E-state index is 12.6. The van der Waals surface area contributed by atoms with Crippen LogP contribution in [0.1, 0.15) is 25.7 Å². The minimum Gasteiger partial charge on any atom is -0.497 e. The molecule has 4 rings (SSSR count). The van der Waals surface area contributed by atoms with Gasteiger partial charge in [-0.1, -0.05) is 0 Å². The predicted molar refractivity (Wildman–Crippen MR) is 112 cm³/mol. The Bertz CT molecular complexity index is 917. The molecule has 0 radical (unpaired) electrons. The largest absolute Gasteiger partial charge is 0.497 e. The first-order valence-corrected chi connectivity index (χ1v) is 10.3. The standard InChI is InChI=1S/C22H27N5O2/c1-29-18-12-20-19(5-2-8-24-20)21(13-18)25-16-6-10-26(11-7-16)15-22(28)27-9-3-4-17(27)14-23/h2,5,8,12-13,16-17,25H,3-4,6-7,9-11,15H2,1H3. The summed E-state index contributed by atoms with van der Waals surface area (Å²) in [6, 6.07) is 10.3. The summed E-state index contributed by atoms with van der Waals surface area (Å²) >= 11 is 0. The molecule has 1 unspecified atom stereocenters. The van der Waals surface area contributed by atoms with Crippen molar-refractivity contribution in [3.63, 3.8) is 0 Å². The van der Waals surface area contributed by atoms with E-state index in [0.29, 0.717) is 19.1 Å². The van der Waals surface area contributed by atoms with Crippen LogP contribution in [0.4, 0.5) is 5.69 Å². The maximum Gasteiger partial charge on any atom is 0.237 e. The summed E-state index contributed by atoms with van der Waals surface area (Å²) in [7, 11) is 1.67. The molecule has 7 nitrogen and oxygen atoms in total. The number of amides is 1. The van der Waals surface area contributed by atoms with Gasteiger partial charge in [0.05, 0.1) is 25.2 Å². The van der Waals surface area contributed by atoms with Gasteiger partial charge in [-0.25, -0.2) is 0 Å². The fourth-order valence-corrected chi connectivity index (χ4v) is 4.33. The van der Waals surface area contributed by atoms with Crippen LogP contribution in [0.3, 0.4) is 0 Å². The fraction of sp³-hybridized carbons (Fsp3) is 0.500. The second kappa shape index (κ2) is 8.66. The lowest BCUT2D eigenvalue weighted by molar-refractivity contribution is -0.132. The SMILES string of the molecule is COc1cc(NC2CCN(CC(=O)N3CCCC3C#N)CC2)c2cccnc2c1. The number of pyridine rings is 1. The molecular weight excluding hydrogens is 366 g/mol. The van der Waals surface area contributed by atoms with E-state index in [0.717, 1.165) is 61.1 Å². The van der Waals surface area contributed by atoms with Crippen LogP contribution >= 0.6 is 0 Å². The van der Waals surface area contributed by atoms with Gasteiger partial charge in [-0.2, -0.15) is 5.26 Å².